The van der Waals surface area contributed by atoms with Crippen LogP contribution in [0.3, 0.4) is 0 Å². The van der Waals surface area contributed by atoms with E-state index >= 15 is 0 Å². The second-order valence-electron chi connectivity index (χ2n) is 6.18. The van der Waals surface area contributed by atoms with E-state index in [1.807, 2.05) is 36.4 Å². The Labute approximate surface area is 143 Å². The molecule has 7 heteroatoms. The first kappa shape index (κ1) is 16.9. The van der Waals surface area contributed by atoms with Gasteiger partial charge < -0.3 is 4.90 Å². The Morgan fingerprint density at radius 1 is 1.25 bits per heavy atom. The Morgan fingerprint density at radius 3 is 2.79 bits per heavy atom. The second kappa shape index (κ2) is 7.27. The minimum atomic E-state index is -3.14. The molecular formula is C17H22N4O2S. The summed E-state index contributed by atoms with van der Waals surface area (Å²) in [6.07, 6.45) is 5.03. The van der Waals surface area contributed by atoms with Crippen LogP contribution < -0.4 is 9.62 Å². The van der Waals surface area contributed by atoms with Crippen molar-refractivity contribution in [2.75, 3.05) is 30.8 Å². The highest BCUT2D eigenvalue weighted by molar-refractivity contribution is 7.88. The van der Waals surface area contributed by atoms with Crippen molar-refractivity contribution < 1.29 is 8.42 Å². The minimum Gasteiger partial charge on any atom is -0.356 e. The van der Waals surface area contributed by atoms with E-state index in [2.05, 4.69) is 19.6 Å². The first-order chi connectivity index (χ1) is 11.5. The topological polar surface area (TPSA) is 75.2 Å². The molecule has 0 spiro atoms. The number of rotatable bonds is 5. The van der Waals surface area contributed by atoms with Crippen molar-refractivity contribution in [3.8, 4) is 11.4 Å². The lowest BCUT2D eigenvalue weighted by molar-refractivity contribution is 0.409. The Balaban J connectivity index is 1.72. The summed E-state index contributed by atoms with van der Waals surface area (Å²) in [4.78, 5) is 11.3. The largest absolute Gasteiger partial charge is 0.356 e. The Kier molecular flexibility index (Phi) is 5.11. The molecule has 1 aromatic heterocycles. The average Bonchev–Trinajstić information content (AvgIpc) is 2.61. The molecule has 0 bridgehead atoms. The van der Waals surface area contributed by atoms with Gasteiger partial charge in [0.1, 0.15) is 5.82 Å². The van der Waals surface area contributed by atoms with E-state index < -0.39 is 10.0 Å². The third-order valence-electron chi connectivity index (χ3n) is 4.15. The Morgan fingerprint density at radius 2 is 2.04 bits per heavy atom. The molecule has 1 atom stereocenters. The number of anilines is 1. The lowest BCUT2D eigenvalue weighted by atomic mass is 9.98. The molecule has 128 valence electrons. The van der Waals surface area contributed by atoms with Crippen molar-refractivity contribution in [3.05, 3.63) is 42.6 Å². The smallest absolute Gasteiger partial charge is 0.208 e. The van der Waals surface area contributed by atoms with Gasteiger partial charge in [-0.1, -0.05) is 30.3 Å². The van der Waals surface area contributed by atoms with Crippen LogP contribution in [-0.4, -0.2) is 44.3 Å². The first-order valence-electron chi connectivity index (χ1n) is 8.09. The fourth-order valence-electron chi connectivity index (χ4n) is 2.96. The van der Waals surface area contributed by atoms with Gasteiger partial charge in [0.2, 0.25) is 10.0 Å². The van der Waals surface area contributed by atoms with E-state index in [-0.39, 0.29) is 0 Å². The molecule has 0 radical (unpaired) electrons. The highest BCUT2D eigenvalue weighted by atomic mass is 32.2. The maximum atomic E-state index is 11.3. The molecule has 0 aliphatic carbocycles. The van der Waals surface area contributed by atoms with E-state index in [9.17, 15) is 8.42 Å². The molecule has 2 heterocycles. The number of aromatic nitrogens is 2. The van der Waals surface area contributed by atoms with Gasteiger partial charge in [0.15, 0.2) is 5.82 Å². The summed E-state index contributed by atoms with van der Waals surface area (Å²) in [5.41, 5.74) is 0.992. The molecule has 1 aromatic carbocycles. The van der Waals surface area contributed by atoms with Gasteiger partial charge in [-0.2, -0.15) is 0 Å². The third-order valence-corrected chi connectivity index (χ3v) is 4.84. The number of nitrogens with one attached hydrogen (secondary N) is 1. The predicted octanol–water partition coefficient (Wildman–Crippen LogP) is 1.91. The fourth-order valence-corrected chi connectivity index (χ4v) is 3.50. The number of piperidine rings is 1. The van der Waals surface area contributed by atoms with Gasteiger partial charge in [0.05, 0.1) is 6.26 Å². The van der Waals surface area contributed by atoms with Crippen molar-refractivity contribution in [2.24, 2.45) is 5.92 Å². The van der Waals surface area contributed by atoms with Crippen molar-refractivity contribution in [1.29, 1.82) is 0 Å². The number of benzene rings is 1. The van der Waals surface area contributed by atoms with Crippen LogP contribution in [0.1, 0.15) is 12.8 Å². The van der Waals surface area contributed by atoms with Crippen molar-refractivity contribution in [3.63, 3.8) is 0 Å². The van der Waals surface area contributed by atoms with Crippen molar-refractivity contribution >= 4 is 15.8 Å². The van der Waals surface area contributed by atoms with Crippen LogP contribution in [0.4, 0.5) is 5.82 Å². The number of hydrogen-bond acceptors (Lipinski definition) is 5. The molecule has 0 unspecified atom stereocenters. The van der Waals surface area contributed by atoms with Gasteiger partial charge in [-0.25, -0.2) is 23.1 Å². The summed E-state index contributed by atoms with van der Waals surface area (Å²) in [5, 5.41) is 0. The third kappa shape index (κ3) is 4.52. The standard InChI is InChI=1S/C17H22N4O2S/c1-24(22,23)19-12-14-6-5-11-21(13-14)16-9-10-18-17(20-16)15-7-3-2-4-8-15/h2-4,7-10,14,19H,5-6,11-13H2,1H3/t14-/m0/s1. The van der Waals surface area contributed by atoms with E-state index in [1.165, 1.54) is 6.26 Å². The Bertz CT molecular complexity index is 780. The van der Waals surface area contributed by atoms with Gasteiger partial charge in [-0.15, -0.1) is 0 Å². The van der Waals surface area contributed by atoms with Gasteiger partial charge in [-0.05, 0) is 24.8 Å². The van der Waals surface area contributed by atoms with Gasteiger partial charge >= 0.3 is 0 Å². The second-order valence-corrected chi connectivity index (χ2v) is 8.01. The summed E-state index contributed by atoms with van der Waals surface area (Å²) in [7, 11) is -3.14. The zero-order valence-electron chi connectivity index (χ0n) is 13.7. The molecule has 1 fully saturated rings. The summed E-state index contributed by atoms with van der Waals surface area (Å²) < 4.78 is 25.2. The molecule has 6 nitrogen and oxygen atoms in total. The fraction of sp³-hybridized carbons (Fsp3) is 0.412. The van der Waals surface area contributed by atoms with Crippen LogP contribution >= 0.6 is 0 Å². The SMILES string of the molecule is CS(=O)(=O)NC[C@@H]1CCCN(c2ccnc(-c3ccccc3)n2)C1. The summed E-state index contributed by atoms with van der Waals surface area (Å²) in [6, 6.07) is 11.8. The molecule has 1 aliphatic heterocycles. The quantitative estimate of drug-likeness (QED) is 0.895. The average molecular weight is 346 g/mol. The molecule has 24 heavy (non-hydrogen) atoms. The Hall–Kier alpha value is -1.99. The molecule has 1 N–H and O–H groups in total. The number of sulfonamides is 1. The van der Waals surface area contributed by atoms with Gasteiger partial charge in [0, 0.05) is 31.4 Å². The van der Waals surface area contributed by atoms with Gasteiger partial charge in [0.25, 0.3) is 0 Å². The molecular weight excluding hydrogens is 324 g/mol. The van der Waals surface area contributed by atoms with Gasteiger partial charge in [-0.3, -0.25) is 0 Å². The summed E-state index contributed by atoms with van der Waals surface area (Å²) >= 11 is 0. The van der Waals surface area contributed by atoms with E-state index in [0.717, 1.165) is 37.3 Å². The maximum Gasteiger partial charge on any atom is 0.208 e. The highest BCUT2D eigenvalue weighted by Gasteiger charge is 2.22. The minimum absolute atomic E-state index is 0.295. The lowest BCUT2D eigenvalue weighted by Crippen LogP contribution is -2.41. The first-order valence-corrected chi connectivity index (χ1v) is 9.98. The molecule has 0 amide bonds. The normalized spacial score (nSPS) is 18.5. The zero-order valence-corrected chi connectivity index (χ0v) is 14.5. The summed E-state index contributed by atoms with van der Waals surface area (Å²) in [6.45, 7) is 2.21. The predicted molar refractivity (Wildman–Crippen MR) is 95.3 cm³/mol. The maximum absolute atomic E-state index is 11.3. The molecule has 0 saturated carbocycles. The number of nitrogens with zero attached hydrogens (tertiary/aromatic N) is 3. The van der Waals surface area contributed by atoms with Crippen molar-refractivity contribution in [2.45, 2.75) is 12.8 Å². The number of hydrogen-bond donors (Lipinski definition) is 1. The van der Waals surface area contributed by atoms with E-state index in [0.29, 0.717) is 18.3 Å². The highest BCUT2D eigenvalue weighted by Crippen LogP contribution is 2.23. The lowest BCUT2D eigenvalue weighted by Gasteiger charge is -2.33. The van der Waals surface area contributed by atoms with Crippen LogP contribution in [0.2, 0.25) is 0 Å². The zero-order chi connectivity index (χ0) is 17.0. The van der Waals surface area contributed by atoms with Crippen LogP contribution in [0, 0.1) is 5.92 Å². The van der Waals surface area contributed by atoms with E-state index in [4.69, 9.17) is 0 Å². The molecule has 3 rings (SSSR count). The van der Waals surface area contributed by atoms with Crippen LogP contribution in [0.25, 0.3) is 11.4 Å². The summed E-state index contributed by atoms with van der Waals surface area (Å²) in [5.74, 6) is 1.90. The van der Waals surface area contributed by atoms with Crippen molar-refractivity contribution in [1.82, 2.24) is 14.7 Å². The molecule has 2 aromatic rings. The van der Waals surface area contributed by atoms with Crippen LogP contribution in [0.15, 0.2) is 42.6 Å². The van der Waals surface area contributed by atoms with Crippen LogP contribution in [-0.2, 0) is 10.0 Å². The molecule has 1 saturated heterocycles. The van der Waals surface area contributed by atoms with E-state index in [1.54, 1.807) is 6.20 Å². The molecule has 1 aliphatic rings. The monoisotopic (exact) mass is 346 g/mol. The van der Waals surface area contributed by atoms with Crippen LogP contribution in [0.5, 0.6) is 0 Å².